The van der Waals surface area contributed by atoms with Gasteiger partial charge >= 0.3 is 0 Å². The fourth-order valence-corrected chi connectivity index (χ4v) is 2.42. The first-order chi connectivity index (χ1) is 9.10. The summed E-state index contributed by atoms with van der Waals surface area (Å²) in [7, 11) is 0. The molecule has 0 aliphatic carbocycles. The monoisotopic (exact) mass is 296 g/mol. The van der Waals surface area contributed by atoms with E-state index in [4.69, 9.17) is 28.9 Å². The minimum atomic E-state index is 0.198. The topological polar surface area (TPSA) is 30.9 Å². The Morgan fingerprint density at radius 2 is 2.05 bits per heavy atom. The van der Waals surface area contributed by atoms with Gasteiger partial charge < -0.3 is 10.3 Å². The Balaban J connectivity index is 2.19. The first kappa shape index (κ1) is 14.4. The van der Waals surface area contributed by atoms with Crippen LogP contribution in [-0.2, 0) is 13.0 Å². The smallest absolute Gasteiger partial charge is 0.0488 e. The van der Waals surface area contributed by atoms with Crippen LogP contribution in [0.25, 0.3) is 0 Å². The van der Waals surface area contributed by atoms with E-state index in [-0.39, 0.29) is 6.04 Å². The number of aromatic nitrogens is 1. The van der Waals surface area contributed by atoms with Gasteiger partial charge in [-0.1, -0.05) is 30.1 Å². The number of hydrogen-bond donors (Lipinski definition) is 1. The summed E-state index contributed by atoms with van der Waals surface area (Å²) in [6.45, 7) is 2.82. The number of hydrogen-bond acceptors (Lipinski definition) is 1. The van der Waals surface area contributed by atoms with E-state index in [0.29, 0.717) is 5.02 Å². The predicted molar refractivity (Wildman–Crippen MR) is 82.0 cm³/mol. The molecule has 0 fully saturated rings. The summed E-state index contributed by atoms with van der Waals surface area (Å²) in [6.07, 6.45) is 3.90. The maximum Gasteiger partial charge on any atom is 0.0488 e. The fourth-order valence-electron chi connectivity index (χ4n) is 2.05. The Bertz CT molecular complexity index is 549. The van der Waals surface area contributed by atoms with Crippen LogP contribution in [0.2, 0.25) is 10.0 Å². The SMILES string of the molecule is CCC(N)Cc1cccn1Cc1cc(Cl)ccc1Cl. The molecule has 0 saturated carbocycles. The van der Waals surface area contributed by atoms with E-state index < -0.39 is 0 Å². The maximum absolute atomic E-state index is 6.20. The highest BCUT2D eigenvalue weighted by atomic mass is 35.5. The molecule has 19 heavy (non-hydrogen) atoms. The van der Waals surface area contributed by atoms with Crippen LogP contribution in [0, 0.1) is 0 Å². The Hall–Kier alpha value is -0.960. The van der Waals surface area contributed by atoms with E-state index in [0.717, 1.165) is 30.0 Å². The molecule has 2 N–H and O–H groups in total. The molecule has 0 amide bonds. The quantitative estimate of drug-likeness (QED) is 0.884. The van der Waals surface area contributed by atoms with Crippen LogP contribution in [0.3, 0.4) is 0 Å². The Morgan fingerprint density at radius 3 is 2.79 bits per heavy atom. The van der Waals surface area contributed by atoms with Gasteiger partial charge in [-0.25, -0.2) is 0 Å². The summed E-state index contributed by atoms with van der Waals surface area (Å²) < 4.78 is 2.17. The van der Waals surface area contributed by atoms with Crippen molar-refractivity contribution in [1.82, 2.24) is 4.57 Å². The van der Waals surface area contributed by atoms with Gasteiger partial charge in [0.1, 0.15) is 0 Å². The second-order valence-electron chi connectivity index (χ2n) is 4.74. The van der Waals surface area contributed by atoms with Crippen molar-refractivity contribution in [1.29, 1.82) is 0 Å². The summed E-state index contributed by atoms with van der Waals surface area (Å²) in [5.41, 5.74) is 8.27. The van der Waals surface area contributed by atoms with E-state index in [9.17, 15) is 0 Å². The summed E-state index contributed by atoms with van der Waals surface area (Å²) in [5, 5.41) is 1.45. The van der Waals surface area contributed by atoms with E-state index in [1.54, 1.807) is 6.07 Å². The van der Waals surface area contributed by atoms with Gasteiger partial charge in [0.05, 0.1) is 0 Å². The zero-order valence-electron chi connectivity index (χ0n) is 10.9. The number of nitrogens with zero attached hydrogens (tertiary/aromatic N) is 1. The van der Waals surface area contributed by atoms with Crippen molar-refractivity contribution in [3.63, 3.8) is 0 Å². The molecule has 2 nitrogen and oxygen atoms in total. The highest BCUT2D eigenvalue weighted by Gasteiger charge is 2.08. The molecule has 1 aromatic carbocycles. The highest BCUT2D eigenvalue weighted by Crippen LogP contribution is 2.22. The first-order valence-electron chi connectivity index (χ1n) is 6.43. The van der Waals surface area contributed by atoms with Gasteiger partial charge in [-0.15, -0.1) is 0 Å². The molecule has 102 valence electrons. The van der Waals surface area contributed by atoms with Gasteiger partial charge in [-0.05, 0) is 42.3 Å². The zero-order chi connectivity index (χ0) is 13.8. The van der Waals surface area contributed by atoms with E-state index in [1.165, 1.54) is 5.69 Å². The third-order valence-corrected chi connectivity index (χ3v) is 3.87. The van der Waals surface area contributed by atoms with Crippen molar-refractivity contribution in [3.8, 4) is 0 Å². The number of rotatable bonds is 5. The lowest BCUT2D eigenvalue weighted by Crippen LogP contribution is -2.23. The van der Waals surface area contributed by atoms with Crippen molar-refractivity contribution in [3.05, 3.63) is 57.8 Å². The van der Waals surface area contributed by atoms with Crippen LogP contribution in [0.15, 0.2) is 36.5 Å². The van der Waals surface area contributed by atoms with Crippen molar-refractivity contribution in [2.45, 2.75) is 32.4 Å². The molecule has 0 radical (unpaired) electrons. The fraction of sp³-hybridized carbons (Fsp3) is 0.333. The van der Waals surface area contributed by atoms with Crippen LogP contribution < -0.4 is 5.73 Å². The second-order valence-corrected chi connectivity index (χ2v) is 5.58. The average molecular weight is 297 g/mol. The van der Waals surface area contributed by atoms with Gasteiger partial charge in [-0.2, -0.15) is 0 Å². The molecular weight excluding hydrogens is 279 g/mol. The molecular formula is C15H18Cl2N2. The molecule has 1 unspecified atom stereocenters. The molecule has 0 saturated heterocycles. The lowest BCUT2D eigenvalue weighted by Gasteiger charge is -2.14. The summed E-state index contributed by atoms with van der Waals surface area (Å²) in [5.74, 6) is 0. The van der Waals surface area contributed by atoms with Crippen LogP contribution in [0.5, 0.6) is 0 Å². The predicted octanol–water partition coefficient (Wildman–Crippen LogP) is 4.12. The Kier molecular flexibility index (Phi) is 4.92. The normalized spacial score (nSPS) is 12.6. The minimum absolute atomic E-state index is 0.198. The lowest BCUT2D eigenvalue weighted by molar-refractivity contribution is 0.610. The molecule has 1 aromatic heterocycles. The number of benzene rings is 1. The largest absolute Gasteiger partial charge is 0.347 e. The molecule has 4 heteroatoms. The second kappa shape index (κ2) is 6.47. The van der Waals surface area contributed by atoms with Gasteiger partial charge in [0.2, 0.25) is 0 Å². The number of nitrogens with two attached hydrogens (primary N) is 1. The van der Waals surface area contributed by atoms with Crippen molar-refractivity contribution < 1.29 is 0 Å². The third-order valence-electron chi connectivity index (χ3n) is 3.27. The number of halogens is 2. The molecule has 0 aliphatic heterocycles. The molecule has 2 rings (SSSR count). The maximum atomic E-state index is 6.20. The minimum Gasteiger partial charge on any atom is -0.347 e. The van der Waals surface area contributed by atoms with E-state index in [1.807, 2.05) is 18.2 Å². The van der Waals surface area contributed by atoms with Gasteiger partial charge in [0, 0.05) is 40.9 Å². The zero-order valence-corrected chi connectivity index (χ0v) is 12.5. The Labute approximate surface area is 124 Å². The van der Waals surface area contributed by atoms with Crippen LogP contribution >= 0.6 is 23.2 Å². The van der Waals surface area contributed by atoms with Crippen LogP contribution in [-0.4, -0.2) is 10.6 Å². The molecule has 0 aliphatic rings. The third kappa shape index (κ3) is 3.75. The van der Waals surface area contributed by atoms with Crippen molar-refractivity contribution >= 4 is 23.2 Å². The average Bonchev–Trinajstić information content (AvgIpc) is 2.81. The molecule has 1 atom stereocenters. The van der Waals surface area contributed by atoms with Gasteiger partial charge in [0.25, 0.3) is 0 Å². The van der Waals surface area contributed by atoms with Crippen molar-refractivity contribution in [2.75, 3.05) is 0 Å². The molecule has 2 aromatic rings. The van der Waals surface area contributed by atoms with Gasteiger partial charge in [0.15, 0.2) is 0 Å². The van der Waals surface area contributed by atoms with Crippen molar-refractivity contribution in [2.24, 2.45) is 5.73 Å². The summed E-state index contributed by atoms with van der Waals surface area (Å²) >= 11 is 12.2. The van der Waals surface area contributed by atoms with E-state index in [2.05, 4.69) is 23.8 Å². The molecule has 0 bridgehead atoms. The molecule has 0 spiro atoms. The standard InChI is InChI=1S/C15H18Cl2N2/c1-2-13(18)9-14-4-3-7-19(14)10-11-8-12(16)5-6-15(11)17/h3-8,13H,2,9-10,18H2,1H3. The first-order valence-corrected chi connectivity index (χ1v) is 7.19. The van der Waals surface area contributed by atoms with E-state index >= 15 is 0 Å². The Morgan fingerprint density at radius 1 is 1.26 bits per heavy atom. The van der Waals surface area contributed by atoms with Gasteiger partial charge in [-0.3, -0.25) is 0 Å². The highest BCUT2D eigenvalue weighted by molar-refractivity contribution is 6.33. The molecule has 1 heterocycles. The summed E-state index contributed by atoms with van der Waals surface area (Å²) in [4.78, 5) is 0. The van der Waals surface area contributed by atoms with Crippen LogP contribution in [0.4, 0.5) is 0 Å². The lowest BCUT2D eigenvalue weighted by atomic mass is 10.1. The summed E-state index contributed by atoms with van der Waals surface area (Å²) in [6, 6.07) is 9.89. The van der Waals surface area contributed by atoms with Crippen LogP contribution in [0.1, 0.15) is 24.6 Å².